The van der Waals surface area contributed by atoms with E-state index in [0.717, 1.165) is 0 Å². The molecule has 0 radical (unpaired) electrons. The topological polar surface area (TPSA) is 71.7 Å². The summed E-state index contributed by atoms with van der Waals surface area (Å²) in [4.78, 5) is 12.1. The predicted octanol–water partition coefficient (Wildman–Crippen LogP) is 6.29. The van der Waals surface area contributed by atoms with Crippen molar-refractivity contribution in [3.63, 3.8) is 0 Å². The second-order valence-electron chi connectivity index (χ2n) is 6.59. The van der Waals surface area contributed by atoms with Crippen LogP contribution in [0.15, 0.2) is 22.6 Å². The number of amides is 1. The number of aromatic hydroxyl groups is 1. The van der Waals surface area contributed by atoms with Crippen LogP contribution in [0.5, 0.6) is 11.5 Å². The van der Waals surface area contributed by atoms with E-state index >= 15 is 0 Å². The van der Waals surface area contributed by atoms with Crippen LogP contribution in [0, 0.1) is 0 Å². The normalized spacial score (nSPS) is 11.5. The molecule has 142 valence electrons. The summed E-state index contributed by atoms with van der Waals surface area (Å²) >= 11 is 15.6. The lowest BCUT2D eigenvalue weighted by molar-refractivity contribution is -0.116. The Bertz CT molecular complexity index is 805. The monoisotopic (exact) mass is 479 g/mol. The van der Waals surface area contributed by atoms with E-state index in [0.29, 0.717) is 28.8 Å². The van der Waals surface area contributed by atoms with Crippen molar-refractivity contribution >= 4 is 59.2 Å². The van der Waals surface area contributed by atoms with Gasteiger partial charge in [0.2, 0.25) is 31.6 Å². The molecule has 0 fully saturated rings. The zero-order chi connectivity index (χ0) is 19.5. The van der Waals surface area contributed by atoms with Gasteiger partial charge in [-0.25, -0.2) is 0 Å². The second-order valence-corrected chi connectivity index (χ2v) is 12.6. The maximum atomic E-state index is 12.1. The molecule has 1 amide bonds. The molecular formula is C17H20BrCl2NO4Si. The van der Waals surface area contributed by atoms with E-state index < -0.39 is 8.32 Å². The van der Waals surface area contributed by atoms with E-state index in [1.165, 1.54) is 0 Å². The van der Waals surface area contributed by atoms with Crippen molar-refractivity contribution in [1.82, 2.24) is 0 Å². The van der Waals surface area contributed by atoms with Gasteiger partial charge in [0.1, 0.15) is 0 Å². The van der Waals surface area contributed by atoms with Crippen LogP contribution in [-0.4, -0.2) is 24.7 Å². The fourth-order valence-electron chi connectivity index (χ4n) is 2.17. The third-order valence-corrected chi connectivity index (χ3v) is 5.43. The summed E-state index contributed by atoms with van der Waals surface area (Å²) in [7, 11) is -2.09. The number of hydrogen-bond donors (Lipinski definition) is 2. The van der Waals surface area contributed by atoms with Gasteiger partial charge in [-0.15, -0.1) is 0 Å². The summed E-state index contributed by atoms with van der Waals surface area (Å²) < 4.78 is 11.7. The number of alkyl halides is 1. The molecule has 0 saturated carbocycles. The van der Waals surface area contributed by atoms with Crippen molar-refractivity contribution in [2.45, 2.75) is 32.5 Å². The van der Waals surface area contributed by atoms with Crippen LogP contribution in [0.4, 0.5) is 5.88 Å². The van der Waals surface area contributed by atoms with Gasteiger partial charge < -0.3 is 13.9 Å². The van der Waals surface area contributed by atoms with E-state index in [2.05, 4.69) is 21.2 Å². The molecule has 2 aromatic rings. The first-order valence-corrected chi connectivity index (χ1v) is 13.3. The molecule has 0 bridgehead atoms. The maximum Gasteiger partial charge on any atom is 0.245 e. The lowest BCUT2D eigenvalue weighted by atomic mass is 10.1. The van der Waals surface area contributed by atoms with Crippen molar-refractivity contribution in [3.05, 3.63) is 28.2 Å². The Morgan fingerprint density at radius 1 is 1.35 bits per heavy atom. The van der Waals surface area contributed by atoms with Crippen LogP contribution in [-0.2, 0) is 4.79 Å². The number of carbonyl (C=O) groups is 1. The zero-order valence-electron chi connectivity index (χ0n) is 14.7. The third kappa shape index (κ3) is 5.19. The van der Waals surface area contributed by atoms with Gasteiger partial charge in [0.25, 0.3) is 0 Å². The maximum absolute atomic E-state index is 12.1. The van der Waals surface area contributed by atoms with Crippen LogP contribution in [0.25, 0.3) is 11.3 Å². The summed E-state index contributed by atoms with van der Waals surface area (Å²) in [5.74, 6) is -0.172. The molecule has 0 saturated heterocycles. The van der Waals surface area contributed by atoms with E-state index in [1.54, 1.807) is 18.2 Å². The van der Waals surface area contributed by atoms with E-state index in [9.17, 15) is 9.90 Å². The van der Waals surface area contributed by atoms with Gasteiger partial charge in [-0.05, 0) is 38.2 Å². The molecule has 0 unspecified atom stereocenters. The molecule has 2 N–H and O–H groups in total. The highest BCUT2D eigenvalue weighted by Crippen LogP contribution is 2.49. The average molecular weight is 481 g/mol. The number of rotatable bonds is 7. The Morgan fingerprint density at radius 3 is 2.65 bits per heavy atom. The first-order valence-electron chi connectivity index (χ1n) is 7.99. The molecule has 26 heavy (non-hydrogen) atoms. The van der Waals surface area contributed by atoms with Gasteiger partial charge in [0.15, 0.2) is 5.76 Å². The predicted molar refractivity (Wildman–Crippen MR) is 111 cm³/mol. The molecule has 2 rings (SSSR count). The number of anilines is 1. The van der Waals surface area contributed by atoms with Gasteiger partial charge >= 0.3 is 0 Å². The fraction of sp³-hybridized carbons (Fsp3) is 0.353. The van der Waals surface area contributed by atoms with Crippen molar-refractivity contribution < 1.29 is 18.7 Å². The zero-order valence-corrected chi connectivity index (χ0v) is 18.8. The minimum atomic E-state index is -2.09. The summed E-state index contributed by atoms with van der Waals surface area (Å²) in [5, 5.41) is 14.6. The lowest BCUT2D eigenvalue weighted by Gasteiger charge is -2.18. The van der Waals surface area contributed by atoms with Crippen LogP contribution in [0.2, 0.25) is 29.7 Å². The fourth-order valence-corrected chi connectivity index (χ4v) is 3.64. The minimum absolute atomic E-state index is 0.0653. The number of nitrogens with one attached hydrogen (secondary N) is 1. The molecule has 0 aliphatic carbocycles. The van der Waals surface area contributed by atoms with Crippen molar-refractivity contribution in [1.29, 1.82) is 0 Å². The molecule has 0 aliphatic rings. The first-order chi connectivity index (χ1) is 12.1. The molecular weight excluding hydrogens is 461 g/mol. The summed E-state index contributed by atoms with van der Waals surface area (Å²) in [6.07, 6.45) is 0.988. The first kappa shape index (κ1) is 21.2. The molecule has 1 aromatic carbocycles. The third-order valence-electron chi connectivity index (χ3n) is 3.24. The molecule has 1 heterocycles. The Balaban J connectivity index is 2.49. The van der Waals surface area contributed by atoms with Crippen LogP contribution < -0.4 is 9.74 Å². The second kappa shape index (κ2) is 8.69. The summed E-state index contributed by atoms with van der Waals surface area (Å²) in [6, 6.07) is 5.00. The standard InChI is InChI=1S/C17H20BrCl2NO4Si/c1-26(2,3)25-16-14(23)15(10-6-4-7-11(19)13(10)20)24-17(16)21-12(22)8-5-9-18/h4,6-7,23H,5,8-9H2,1-3H3,(H,21,22). The van der Waals surface area contributed by atoms with E-state index in [1.807, 2.05) is 19.6 Å². The number of hydrogen-bond acceptors (Lipinski definition) is 4. The lowest BCUT2D eigenvalue weighted by Crippen LogP contribution is -2.29. The highest BCUT2D eigenvalue weighted by Gasteiger charge is 2.29. The minimum Gasteiger partial charge on any atom is -0.538 e. The summed E-state index contributed by atoms with van der Waals surface area (Å²) in [5.41, 5.74) is 0.415. The number of halogens is 3. The van der Waals surface area contributed by atoms with E-state index in [4.69, 9.17) is 32.0 Å². The Kier molecular flexibility index (Phi) is 7.07. The molecule has 0 atom stereocenters. The Labute approximate surface area is 171 Å². The van der Waals surface area contributed by atoms with E-state index in [-0.39, 0.29) is 34.1 Å². The molecule has 9 heteroatoms. The summed E-state index contributed by atoms with van der Waals surface area (Å²) in [6.45, 7) is 5.88. The quantitative estimate of drug-likeness (QED) is 0.361. The SMILES string of the molecule is C[Si](C)(C)Oc1c(NC(=O)CCCBr)oc(-c2cccc(Cl)c2Cl)c1O. The van der Waals surface area contributed by atoms with Gasteiger partial charge in [-0.1, -0.05) is 45.2 Å². The number of benzene rings is 1. The van der Waals surface area contributed by atoms with Crippen LogP contribution >= 0.6 is 39.1 Å². The number of carbonyl (C=O) groups excluding carboxylic acids is 1. The number of furan rings is 1. The Hall–Kier alpha value is -1.15. The smallest absolute Gasteiger partial charge is 0.245 e. The Morgan fingerprint density at radius 2 is 2.04 bits per heavy atom. The van der Waals surface area contributed by atoms with Crippen LogP contribution in [0.1, 0.15) is 12.8 Å². The van der Waals surface area contributed by atoms with Crippen molar-refractivity contribution in [2.24, 2.45) is 0 Å². The van der Waals surface area contributed by atoms with Gasteiger partial charge in [0, 0.05) is 17.3 Å². The highest BCUT2D eigenvalue weighted by molar-refractivity contribution is 9.09. The molecule has 1 aromatic heterocycles. The van der Waals surface area contributed by atoms with Crippen molar-refractivity contribution in [2.75, 3.05) is 10.6 Å². The van der Waals surface area contributed by atoms with Gasteiger partial charge in [-0.3, -0.25) is 10.1 Å². The van der Waals surface area contributed by atoms with Gasteiger partial charge in [0.05, 0.1) is 10.0 Å². The highest BCUT2D eigenvalue weighted by atomic mass is 79.9. The molecule has 0 aliphatic heterocycles. The molecule has 5 nitrogen and oxygen atoms in total. The van der Waals surface area contributed by atoms with Crippen molar-refractivity contribution in [3.8, 4) is 22.8 Å². The molecule has 0 spiro atoms. The average Bonchev–Trinajstić information content (AvgIpc) is 2.83. The largest absolute Gasteiger partial charge is 0.538 e. The van der Waals surface area contributed by atoms with Gasteiger partial charge in [-0.2, -0.15) is 0 Å². The van der Waals surface area contributed by atoms with Crippen LogP contribution in [0.3, 0.4) is 0 Å².